The molecule has 0 aliphatic heterocycles. The van der Waals surface area contributed by atoms with Crippen molar-refractivity contribution in [2.24, 2.45) is 0 Å². The van der Waals surface area contributed by atoms with Crippen LogP contribution in [0.3, 0.4) is 0 Å². The van der Waals surface area contributed by atoms with Gasteiger partial charge in [-0.1, -0.05) is 0 Å². The molecule has 0 unspecified atom stereocenters. The molecule has 2 rings (SSSR count). The average Bonchev–Trinajstić information content (AvgIpc) is 2.86. The molecule has 24 heavy (non-hydrogen) atoms. The van der Waals surface area contributed by atoms with E-state index in [2.05, 4.69) is 15.9 Å². The number of ketones is 1. The lowest BCUT2D eigenvalue weighted by molar-refractivity contribution is 0.0473. The topological polar surface area (TPSA) is 57.5 Å². The van der Waals surface area contributed by atoms with E-state index in [9.17, 15) is 9.59 Å². The van der Waals surface area contributed by atoms with Gasteiger partial charge in [-0.2, -0.15) is 0 Å². The van der Waals surface area contributed by atoms with Crippen LogP contribution in [-0.2, 0) is 11.3 Å². The minimum Gasteiger partial charge on any atom is -0.497 e. The average molecular weight is 394 g/mol. The summed E-state index contributed by atoms with van der Waals surface area (Å²) in [7, 11) is 1.52. The highest BCUT2D eigenvalue weighted by molar-refractivity contribution is 9.10. The Labute approximate surface area is 149 Å². The van der Waals surface area contributed by atoms with Crippen LogP contribution >= 0.6 is 15.9 Å². The largest absolute Gasteiger partial charge is 0.497 e. The van der Waals surface area contributed by atoms with Gasteiger partial charge in [0.05, 0.1) is 12.7 Å². The molecule has 1 heterocycles. The van der Waals surface area contributed by atoms with E-state index in [1.165, 1.54) is 7.11 Å². The van der Waals surface area contributed by atoms with Crippen molar-refractivity contribution in [2.45, 2.75) is 27.3 Å². The molecule has 0 amide bonds. The molecule has 0 aliphatic carbocycles. The minimum atomic E-state index is -0.571. The summed E-state index contributed by atoms with van der Waals surface area (Å²) in [4.78, 5) is 24.6. The molecule has 0 bridgehead atoms. The van der Waals surface area contributed by atoms with E-state index in [0.29, 0.717) is 21.3 Å². The van der Waals surface area contributed by atoms with Gasteiger partial charge in [-0.15, -0.1) is 0 Å². The predicted molar refractivity (Wildman–Crippen MR) is 94.9 cm³/mol. The van der Waals surface area contributed by atoms with E-state index in [1.807, 2.05) is 31.4 Å². The number of esters is 1. The number of carbonyl (C=O) groups is 2. The number of nitrogens with zero attached hydrogens (tertiary/aromatic N) is 1. The Morgan fingerprint density at radius 3 is 2.46 bits per heavy atom. The Bertz CT molecular complexity index is 780. The quantitative estimate of drug-likeness (QED) is 0.550. The van der Waals surface area contributed by atoms with Crippen LogP contribution in [0.15, 0.2) is 28.7 Å². The number of ether oxygens (including phenoxy) is 2. The van der Waals surface area contributed by atoms with Crippen LogP contribution < -0.4 is 4.74 Å². The monoisotopic (exact) mass is 393 g/mol. The van der Waals surface area contributed by atoms with Gasteiger partial charge in [-0.3, -0.25) is 4.79 Å². The van der Waals surface area contributed by atoms with Crippen LogP contribution in [-0.4, -0.2) is 30.0 Å². The summed E-state index contributed by atoms with van der Waals surface area (Å²) in [5.74, 6) is -0.239. The first-order valence-corrected chi connectivity index (χ1v) is 8.38. The number of methoxy groups -OCH3 is 1. The maximum Gasteiger partial charge on any atom is 0.339 e. The van der Waals surface area contributed by atoms with E-state index in [4.69, 9.17) is 9.47 Å². The van der Waals surface area contributed by atoms with Gasteiger partial charge in [0.2, 0.25) is 5.78 Å². The van der Waals surface area contributed by atoms with E-state index in [1.54, 1.807) is 18.2 Å². The summed E-state index contributed by atoms with van der Waals surface area (Å²) in [5, 5.41) is 0. The van der Waals surface area contributed by atoms with Crippen LogP contribution in [0.1, 0.15) is 39.0 Å². The van der Waals surface area contributed by atoms with Crippen LogP contribution in [0.25, 0.3) is 0 Å². The Morgan fingerprint density at radius 2 is 1.88 bits per heavy atom. The zero-order chi connectivity index (χ0) is 17.9. The molecule has 1 aromatic carbocycles. The van der Waals surface area contributed by atoms with Crippen LogP contribution in [0.2, 0.25) is 0 Å². The molecule has 6 heteroatoms. The molecule has 0 N–H and O–H groups in total. The highest BCUT2D eigenvalue weighted by Crippen LogP contribution is 2.23. The zero-order valence-corrected chi connectivity index (χ0v) is 15.8. The van der Waals surface area contributed by atoms with E-state index < -0.39 is 5.97 Å². The van der Waals surface area contributed by atoms with Crippen LogP contribution in [0.4, 0.5) is 0 Å². The van der Waals surface area contributed by atoms with Gasteiger partial charge in [0.25, 0.3) is 0 Å². The zero-order valence-electron chi connectivity index (χ0n) is 14.2. The molecule has 0 saturated heterocycles. The normalized spacial score (nSPS) is 10.5. The molecule has 0 radical (unpaired) electrons. The van der Waals surface area contributed by atoms with Crippen molar-refractivity contribution in [1.29, 1.82) is 0 Å². The summed E-state index contributed by atoms with van der Waals surface area (Å²) in [6.45, 7) is 6.36. The Hall–Kier alpha value is -2.08. The van der Waals surface area contributed by atoms with Gasteiger partial charge >= 0.3 is 5.97 Å². The third-order valence-corrected chi connectivity index (χ3v) is 4.61. The second kappa shape index (κ2) is 7.66. The minimum absolute atomic E-state index is 0.213. The number of benzene rings is 1. The fraction of sp³-hybridized carbons (Fsp3) is 0.333. The molecule has 0 aliphatic rings. The number of hydrogen-bond acceptors (Lipinski definition) is 4. The molecular formula is C18H20BrNO4. The molecule has 1 aromatic heterocycles. The van der Waals surface area contributed by atoms with Gasteiger partial charge in [-0.25, -0.2) is 4.79 Å². The first-order chi connectivity index (χ1) is 11.4. The number of halogens is 1. The fourth-order valence-corrected chi connectivity index (χ4v) is 3.05. The maximum absolute atomic E-state index is 12.4. The summed E-state index contributed by atoms with van der Waals surface area (Å²) < 4.78 is 12.9. The van der Waals surface area contributed by atoms with Crippen LogP contribution in [0, 0.1) is 13.8 Å². The second-order valence-corrected chi connectivity index (χ2v) is 6.23. The van der Waals surface area contributed by atoms with Crippen LogP contribution in [0.5, 0.6) is 5.75 Å². The lowest BCUT2D eigenvalue weighted by Crippen LogP contribution is -2.15. The fourth-order valence-electron chi connectivity index (χ4n) is 2.64. The molecule has 0 spiro atoms. The first kappa shape index (κ1) is 18.3. The summed E-state index contributed by atoms with van der Waals surface area (Å²) in [5.41, 5.74) is 2.81. The molecule has 128 valence electrons. The van der Waals surface area contributed by atoms with Crippen molar-refractivity contribution in [1.82, 2.24) is 4.57 Å². The molecular weight excluding hydrogens is 374 g/mol. The molecule has 0 fully saturated rings. The van der Waals surface area contributed by atoms with E-state index in [0.717, 1.165) is 17.9 Å². The number of aryl methyl sites for hydroxylation is 1. The second-order valence-electron chi connectivity index (χ2n) is 5.37. The highest BCUT2D eigenvalue weighted by atomic mass is 79.9. The van der Waals surface area contributed by atoms with E-state index in [-0.39, 0.29) is 12.4 Å². The molecule has 2 aromatic rings. The number of hydrogen-bond donors (Lipinski definition) is 0. The van der Waals surface area contributed by atoms with Gasteiger partial charge in [-0.05, 0) is 61.0 Å². The standard InChI is InChI=1S/C18H20BrNO4/c1-5-20-11(2)8-14(12(20)3)17(21)10-24-18(22)15-9-13(23-4)6-7-16(15)19/h6-9H,5,10H2,1-4H3. The number of Topliss-reactive ketones (excluding diaryl/α,β-unsaturated/α-hetero) is 1. The van der Waals surface area contributed by atoms with Crippen molar-refractivity contribution >= 4 is 27.7 Å². The van der Waals surface area contributed by atoms with E-state index >= 15 is 0 Å². The SMILES string of the molecule is CCn1c(C)cc(C(=O)COC(=O)c2cc(OC)ccc2Br)c1C. The van der Waals surface area contributed by atoms with Gasteiger partial charge in [0, 0.05) is 28.0 Å². The number of rotatable bonds is 6. The highest BCUT2D eigenvalue weighted by Gasteiger charge is 2.18. The lowest BCUT2D eigenvalue weighted by atomic mass is 10.1. The Morgan fingerprint density at radius 1 is 1.17 bits per heavy atom. The molecule has 0 saturated carbocycles. The predicted octanol–water partition coefficient (Wildman–Crippen LogP) is 3.94. The summed E-state index contributed by atoms with van der Waals surface area (Å²) in [6, 6.07) is 6.83. The third kappa shape index (κ3) is 3.70. The molecule has 5 nitrogen and oxygen atoms in total. The summed E-state index contributed by atoms with van der Waals surface area (Å²) in [6.07, 6.45) is 0. The number of aromatic nitrogens is 1. The smallest absolute Gasteiger partial charge is 0.339 e. The van der Waals surface area contributed by atoms with Crippen molar-refractivity contribution in [3.8, 4) is 5.75 Å². The Balaban J connectivity index is 2.11. The van der Waals surface area contributed by atoms with Crippen molar-refractivity contribution in [2.75, 3.05) is 13.7 Å². The van der Waals surface area contributed by atoms with Crippen molar-refractivity contribution in [3.63, 3.8) is 0 Å². The third-order valence-electron chi connectivity index (χ3n) is 3.92. The van der Waals surface area contributed by atoms with Crippen molar-refractivity contribution in [3.05, 3.63) is 51.3 Å². The Kier molecular flexibility index (Phi) is 5.83. The lowest BCUT2D eigenvalue weighted by Gasteiger charge is -2.08. The van der Waals surface area contributed by atoms with Gasteiger partial charge in [0.15, 0.2) is 6.61 Å². The molecule has 0 atom stereocenters. The summed E-state index contributed by atoms with van der Waals surface area (Å²) >= 11 is 3.30. The first-order valence-electron chi connectivity index (χ1n) is 7.59. The van der Waals surface area contributed by atoms with Gasteiger partial charge in [0.1, 0.15) is 5.75 Å². The van der Waals surface area contributed by atoms with Crippen molar-refractivity contribution < 1.29 is 19.1 Å². The maximum atomic E-state index is 12.4. The number of carbonyl (C=O) groups excluding carboxylic acids is 2. The van der Waals surface area contributed by atoms with Gasteiger partial charge < -0.3 is 14.0 Å².